The molecule has 0 saturated heterocycles. The monoisotopic (exact) mass is 212 g/mol. The van der Waals surface area contributed by atoms with E-state index in [1.54, 1.807) is 0 Å². The molecule has 3 heteroatoms. The number of nitrogens with two attached hydrogens (primary N) is 1. The van der Waals surface area contributed by atoms with Crippen molar-refractivity contribution in [3.05, 3.63) is 0 Å². The lowest BCUT2D eigenvalue weighted by atomic mass is 9.81. The topological polar surface area (TPSA) is 55.1 Å². The molecule has 3 nitrogen and oxygen atoms in total. The third-order valence-electron chi connectivity index (χ3n) is 3.25. The summed E-state index contributed by atoms with van der Waals surface area (Å²) in [7, 11) is 0. The molecule has 0 spiro atoms. The Labute approximate surface area is 92.8 Å². The molecule has 1 saturated carbocycles. The zero-order valence-corrected chi connectivity index (χ0v) is 9.80. The van der Waals surface area contributed by atoms with Gasteiger partial charge in [-0.15, -0.1) is 0 Å². The first kappa shape index (κ1) is 12.5. The Morgan fingerprint density at radius 1 is 1.47 bits per heavy atom. The molecule has 1 rings (SSSR count). The minimum Gasteiger partial charge on any atom is -0.370 e. The second-order valence-electron chi connectivity index (χ2n) is 4.81. The summed E-state index contributed by atoms with van der Waals surface area (Å²) in [6, 6.07) is 0.629. The molecule has 0 heterocycles. The van der Waals surface area contributed by atoms with Crippen LogP contribution in [-0.4, -0.2) is 18.5 Å². The van der Waals surface area contributed by atoms with Crippen LogP contribution in [0.1, 0.15) is 51.9 Å². The van der Waals surface area contributed by atoms with Crippen LogP contribution in [0.2, 0.25) is 0 Å². The van der Waals surface area contributed by atoms with Crippen molar-refractivity contribution in [1.82, 2.24) is 5.32 Å². The SMILES string of the molecule is CC(CC1CCC1)NCCCCC(N)=O. The fourth-order valence-corrected chi connectivity index (χ4v) is 2.08. The van der Waals surface area contributed by atoms with Crippen LogP contribution in [0, 0.1) is 5.92 Å². The largest absolute Gasteiger partial charge is 0.370 e. The van der Waals surface area contributed by atoms with E-state index in [4.69, 9.17) is 5.73 Å². The van der Waals surface area contributed by atoms with Crippen molar-refractivity contribution < 1.29 is 4.79 Å². The zero-order chi connectivity index (χ0) is 11.1. The van der Waals surface area contributed by atoms with E-state index in [1.807, 2.05) is 0 Å². The van der Waals surface area contributed by atoms with Crippen LogP contribution in [0.4, 0.5) is 0 Å². The van der Waals surface area contributed by atoms with Gasteiger partial charge in [-0.3, -0.25) is 4.79 Å². The van der Waals surface area contributed by atoms with Gasteiger partial charge in [-0.2, -0.15) is 0 Å². The van der Waals surface area contributed by atoms with Crippen LogP contribution < -0.4 is 11.1 Å². The molecule has 3 N–H and O–H groups in total. The third-order valence-corrected chi connectivity index (χ3v) is 3.25. The van der Waals surface area contributed by atoms with Gasteiger partial charge in [0.1, 0.15) is 0 Å². The van der Waals surface area contributed by atoms with E-state index in [2.05, 4.69) is 12.2 Å². The highest BCUT2D eigenvalue weighted by Crippen LogP contribution is 2.30. The predicted octanol–water partition coefficient (Wildman–Crippen LogP) is 1.81. The number of carbonyl (C=O) groups excluding carboxylic acids is 1. The Kier molecular flexibility index (Phi) is 5.69. The second kappa shape index (κ2) is 6.83. The smallest absolute Gasteiger partial charge is 0.217 e. The summed E-state index contributed by atoms with van der Waals surface area (Å²) in [5.41, 5.74) is 5.07. The summed E-state index contributed by atoms with van der Waals surface area (Å²) >= 11 is 0. The molecule has 0 aromatic rings. The fraction of sp³-hybridized carbons (Fsp3) is 0.917. The zero-order valence-electron chi connectivity index (χ0n) is 9.80. The molecule has 0 aromatic carbocycles. The number of hydrogen-bond acceptors (Lipinski definition) is 2. The van der Waals surface area contributed by atoms with E-state index in [0.29, 0.717) is 12.5 Å². The van der Waals surface area contributed by atoms with Crippen LogP contribution >= 0.6 is 0 Å². The number of nitrogens with one attached hydrogen (secondary N) is 1. The maximum absolute atomic E-state index is 10.5. The van der Waals surface area contributed by atoms with Crippen molar-refractivity contribution in [3.63, 3.8) is 0 Å². The van der Waals surface area contributed by atoms with Crippen molar-refractivity contribution in [1.29, 1.82) is 0 Å². The Bertz CT molecular complexity index is 190. The van der Waals surface area contributed by atoms with E-state index in [-0.39, 0.29) is 5.91 Å². The first-order valence-electron chi connectivity index (χ1n) is 6.20. The van der Waals surface area contributed by atoms with Crippen LogP contribution in [0.5, 0.6) is 0 Å². The molecule has 1 fully saturated rings. The maximum atomic E-state index is 10.5. The molecule has 0 aromatic heterocycles. The molecule has 1 aliphatic rings. The molecule has 15 heavy (non-hydrogen) atoms. The average molecular weight is 212 g/mol. The highest BCUT2D eigenvalue weighted by molar-refractivity contribution is 5.73. The number of rotatable bonds is 8. The maximum Gasteiger partial charge on any atom is 0.217 e. The summed E-state index contributed by atoms with van der Waals surface area (Å²) in [6.45, 7) is 3.27. The van der Waals surface area contributed by atoms with Gasteiger partial charge in [0, 0.05) is 12.5 Å². The Hall–Kier alpha value is -0.570. The minimum absolute atomic E-state index is 0.183. The lowest BCUT2D eigenvalue weighted by Gasteiger charge is -2.28. The average Bonchev–Trinajstić information content (AvgIpc) is 2.10. The quantitative estimate of drug-likeness (QED) is 0.603. The van der Waals surface area contributed by atoms with Gasteiger partial charge in [0.15, 0.2) is 0 Å². The number of unbranched alkanes of at least 4 members (excludes halogenated alkanes) is 1. The Morgan fingerprint density at radius 3 is 2.73 bits per heavy atom. The lowest BCUT2D eigenvalue weighted by molar-refractivity contribution is -0.118. The van der Waals surface area contributed by atoms with Gasteiger partial charge in [-0.1, -0.05) is 19.3 Å². The van der Waals surface area contributed by atoms with Gasteiger partial charge < -0.3 is 11.1 Å². The van der Waals surface area contributed by atoms with E-state index in [9.17, 15) is 4.79 Å². The highest BCUT2D eigenvalue weighted by atomic mass is 16.1. The van der Waals surface area contributed by atoms with Crippen molar-refractivity contribution in [2.75, 3.05) is 6.54 Å². The molecule has 0 radical (unpaired) electrons. The molecule has 0 aliphatic heterocycles. The Balaban J connectivity index is 1.87. The van der Waals surface area contributed by atoms with Crippen LogP contribution in [-0.2, 0) is 4.79 Å². The summed E-state index contributed by atoms with van der Waals surface area (Å²) in [5, 5.41) is 3.50. The van der Waals surface area contributed by atoms with E-state index in [0.717, 1.165) is 25.3 Å². The van der Waals surface area contributed by atoms with Crippen LogP contribution in [0.25, 0.3) is 0 Å². The normalized spacial score (nSPS) is 18.5. The van der Waals surface area contributed by atoms with Gasteiger partial charge in [-0.05, 0) is 38.6 Å². The van der Waals surface area contributed by atoms with Crippen molar-refractivity contribution in [2.24, 2.45) is 11.7 Å². The summed E-state index contributed by atoms with van der Waals surface area (Å²) in [5.74, 6) is 0.788. The molecule has 1 aliphatic carbocycles. The number of primary amides is 1. The van der Waals surface area contributed by atoms with Crippen molar-refractivity contribution in [2.45, 2.75) is 57.9 Å². The predicted molar refractivity (Wildman–Crippen MR) is 62.5 cm³/mol. The first-order valence-corrected chi connectivity index (χ1v) is 6.20. The van der Waals surface area contributed by atoms with Gasteiger partial charge in [0.2, 0.25) is 5.91 Å². The van der Waals surface area contributed by atoms with Crippen molar-refractivity contribution in [3.8, 4) is 0 Å². The lowest BCUT2D eigenvalue weighted by Crippen LogP contribution is -2.31. The Morgan fingerprint density at radius 2 is 2.20 bits per heavy atom. The molecular weight excluding hydrogens is 188 g/mol. The summed E-state index contributed by atoms with van der Waals surface area (Å²) in [6.07, 6.45) is 8.09. The molecule has 88 valence electrons. The summed E-state index contributed by atoms with van der Waals surface area (Å²) < 4.78 is 0. The second-order valence-corrected chi connectivity index (χ2v) is 4.81. The van der Waals surface area contributed by atoms with E-state index < -0.39 is 0 Å². The van der Waals surface area contributed by atoms with Crippen molar-refractivity contribution >= 4 is 5.91 Å². The highest BCUT2D eigenvalue weighted by Gasteiger charge is 2.19. The first-order chi connectivity index (χ1) is 7.18. The van der Waals surface area contributed by atoms with Crippen LogP contribution in [0.15, 0.2) is 0 Å². The number of amides is 1. The fourth-order valence-electron chi connectivity index (χ4n) is 2.08. The van der Waals surface area contributed by atoms with Gasteiger partial charge >= 0.3 is 0 Å². The van der Waals surface area contributed by atoms with Gasteiger partial charge in [-0.25, -0.2) is 0 Å². The molecule has 1 unspecified atom stereocenters. The minimum atomic E-state index is -0.183. The van der Waals surface area contributed by atoms with Gasteiger partial charge in [0.25, 0.3) is 0 Å². The molecule has 1 atom stereocenters. The van der Waals surface area contributed by atoms with Crippen LogP contribution in [0.3, 0.4) is 0 Å². The van der Waals surface area contributed by atoms with E-state index >= 15 is 0 Å². The standard InChI is InChI=1S/C12H24N2O/c1-10(9-11-5-4-6-11)14-8-3-2-7-12(13)15/h10-11,14H,2-9H2,1H3,(H2,13,15). The third kappa shape index (κ3) is 5.78. The summed E-state index contributed by atoms with van der Waals surface area (Å²) in [4.78, 5) is 10.5. The molecular formula is C12H24N2O. The van der Waals surface area contributed by atoms with E-state index in [1.165, 1.54) is 25.7 Å². The number of hydrogen-bond donors (Lipinski definition) is 2. The number of carbonyl (C=O) groups is 1. The molecule has 0 bridgehead atoms. The molecule has 1 amide bonds. The van der Waals surface area contributed by atoms with Gasteiger partial charge in [0.05, 0.1) is 0 Å².